The molecule has 2 fully saturated rings. The summed E-state index contributed by atoms with van der Waals surface area (Å²) in [5.74, 6) is -0.593. The molecule has 8 nitrogen and oxygen atoms in total. The summed E-state index contributed by atoms with van der Waals surface area (Å²) in [4.78, 5) is 40.5. The maximum atomic E-state index is 10.1. The fourth-order valence-corrected chi connectivity index (χ4v) is 1.02. The Bertz CT molecular complexity index is 268. The first-order valence-electron chi connectivity index (χ1n) is 5.36. The zero-order chi connectivity index (χ0) is 14.0. The van der Waals surface area contributed by atoms with Gasteiger partial charge in [0.25, 0.3) is 0 Å². The summed E-state index contributed by atoms with van der Waals surface area (Å²) in [5, 5.41) is 19.5. The van der Waals surface area contributed by atoms with Crippen molar-refractivity contribution in [1.29, 1.82) is 0 Å². The van der Waals surface area contributed by atoms with Gasteiger partial charge in [-0.1, -0.05) is 0 Å². The third kappa shape index (κ3) is 8.36. The van der Waals surface area contributed by atoms with E-state index in [1.807, 2.05) is 0 Å². The van der Waals surface area contributed by atoms with Gasteiger partial charge in [-0.25, -0.2) is 0 Å². The van der Waals surface area contributed by atoms with E-state index in [2.05, 4.69) is 10.6 Å². The van der Waals surface area contributed by atoms with Crippen LogP contribution in [0, 0.1) is 0 Å². The highest BCUT2D eigenvalue weighted by molar-refractivity contribution is 6.02. The molecule has 2 saturated heterocycles. The maximum Gasteiger partial charge on any atom is 0.227 e. The summed E-state index contributed by atoms with van der Waals surface area (Å²) >= 11 is 0. The van der Waals surface area contributed by atoms with Crippen molar-refractivity contribution in [2.75, 3.05) is 13.2 Å². The summed E-state index contributed by atoms with van der Waals surface area (Å²) in [7, 11) is 0. The predicted octanol–water partition coefficient (Wildman–Crippen LogP) is -2.18. The second-order valence-corrected chi connectivity index (χ2v) is 3.39. The molecule has 2 aliphatic rings. The van der Waals surface area contributed by atoms with Crippen molar-refractivity contribution in [3.05, 3.63) is 0 Å². The lowest BCUT2D eigenvalue weighted by Crippen LogP contribution is -2.18. The molecule has 0 spiro atoms. The van der Waals surface area contributed by atoms with Crippen LogP contribution in [-0.4, -0.2) is 47.1 Å². The molecule has 2 aliphatic heterocycles. The van der Waals surface area contributed by atoms with Gasteiger partial charge in [-0.15, -0.1) is 0 Å². The number of nitrogens with one attached hydrogen (secondary N) is 2. The smallest absolute Gasteiger partial charge is 0.227 e. The zero-order valence-corrected chi connectivity index (χ0v) is 9.77. The normalized spacial score (nSPS) is 17.2. The number of carbonyl (C=O) groups excluding carboxylic acids is 4. The van der Waals surface area contributed by atoms with Crippen LogP contribution in [0.4, 0.5) is 0 Å². The maximum absolute atomic E-state index is 10.1. The van der Waals surface area contributed by atoms with Gasteiger partial charge in [-0.3, -0.25) is 29.8 Å². The standard InChI is InChI=1S/2C4H5NO2.C2H6O2/c2*6-3-1-2-4(7)5-3;3-1-2-4/h2*1-2H2,(H,5,6,7);3-4H,1-2H2. The van der Waals surface area contributed by atoms with Crippen LogP contribution in [0.3, 0.4) is 0 Å². The lowest BCUT2D eigenvalue weighted by molar-refractivity contribution is -0.126. The van der Waals surface area contributed by atoms with Gasteiger partial charge < -0.3 is 10.2 Å². The topological polar surface area (TPSA) is 133 Å². The van der Waals surface area contributed by atoms with E-state index >= 15 is 0 Å². The highest BCUT2D eigenvalue weighted by Gasteiger charge is 2.16. The number of aliphatic hydroxyl groups is 2. The van der Waals surface area contributed by atoms with Crippen molar-refractivity contribution >= 4 is 23.6 Å². The van der Waals surface area contributed by atoms with Gasteiger partial charge in [0, 0.05) is 25.7 Å². The molecule has 18 heavy (non-hydrogen) atoms. The monoisotopic (exact) mass is 260 g/mol. The molecule has 4 N–H and O–H groups in total. The van der Waals surface area contributed by atoms with E-state index in [9.17, 15) is 19.2 Å². The second-order valence-electron chi connectivity index (χ2n) is 3.39. The van der Waals surface area contributed by atoms with Gasteiger partial charge in [-0.2, -0.15) is 0 Å². The summed E-state index contributed by atoms with van der Waals surface area (Å²) in [6.07, 6.45) is 1.50. The van der Waals surface area contributed by atoms with E-state index in [4.69, 9.17) is 10.2 Å². The van der Waals surface area contributed by atoms with E-state index in [0.717, 1.165) is 0 Å². The first kappa shape index (κ1) is 16.2. The third-order valence-corrected chi connectivity index (χ3v) is 1.82. The summed E-state index contributed by atoms with van der Waals surface area (Å²) in [6.45, 7) is -0.250. The minimum absolute atomic E-state index is 0.125. The number of aliphatic hydroxyl groups excluding tert-OH is 2. The molecule has 4 amide bonds. The Labute approximate surface area is 103 Å². The van der Waals surface area contributed by atoms with Gasteiger partial charge in [-0.05, 0) is 0 Å². The first-order chi connectivity index (χ1) is 8.49. The molecule has 0 atom stereocenters. The zero-order valence-electron chi connectivity index (χ0n) is 9.77. The van der Waals surface area contributed by atoms with Crippen LogP contribution in [-0.2, 0) is 19.2 Å². The lowest BCUT2D eigenvalue weighted by atomic mass is 10.4. The van der Waals surface area contributed by atoms with Crippen molar-refractivity contribution in [3.8, 4) is 0 Å². The molecular formula is C10H16N2O6. The van der Waals surface area contributed by atoms with Gasteiger partial charge in [0.1, 0.15) is 0 Å². The van der Waals surface area contributed by atoms with Crippen LogP contribution in [0.1, 0.15) is 25.7 Å². The van der Waals surface area contributed by atoms with Crippen LogP contribution >= 0.6 is 0 Å². The van der Waals surface area contributed by atoms with E-state index in [-0.39, 0.29) is 36.8 Å². The van der Waals surface area contributed by atoms with Crippen LogP contribution < -0.4 is 10.6 Å². The molecule has 0 radical (unpaired) electrons. The second kappa shape index (κ2) is 9.25. The minimum Gasteiger partial charge on any atom is -0.394 e. The highest BCUT2D eigenvalue weighted by atomic mass is 16.3. The number of carbonyl (C=O) groups is 4. The molecule has 0 unspecified atom stereocenters. The van der Waals surface area contributed by atoms with Crippen molar-refractivity contribution in [3.63, 3.8) is 0 Å². The molecule has 0 bridgehead atoms. The van der Waals surface area contributed by atoms with E-state index in [0.29, 0.717) is 25.7 Å². The largest absolute Gasteiger partial charge is 0.394 e. The summed E-state index contributed by atoms with van der Waals surface area (Å²) in [5.41, 5.74) is 0. The molecule has 0 aromatic rings. The molecule has 0 saturated carbocycles. The number of imide groups is 2. The fraction of sp³-hybridized carbons (Fsp3) is 0.600. The van der Waals surface area contributed by atoms with Crippen LogP contribution in [0.25, 0.3) is 0 Å². The van der Waals surface area contributed by atoms with E-state index in [1.54, 1.807) is 0 Å². The number of hydrogen-bond donors (Lipinski definition) is 4. The summed E-state index contributed by atoms with van der Waals surface area (Å²) in [6, 6.07) is 0. The Kier molecular flexibility index (Phi) is 8.33. The molecular weight excluding hydrogens is 244 g/mol. The van der Waals surface area contributed by atoms with Crippen LogP contribution in [0.2, 0.25) is 0 Å². The highest BCUT2D eigenvalue weighted by Crippen LogP contribution is 1.96. The molecule has 0 aromatic carbocycles. The molecule has 8 heteroatoms. The average molecular weight is 260 g/mol. The Morgan fingerprint density at radius 1 is 0.667 bits per heavy atom. The Hall–Kier alpha value is -1.80. The molecule has 2 heterocycles. The predicted molar refractivity (Wildman–Crippen MR) is 58.9 cm³/mol. The Balaban J connectivity index is 0.000000253. The Morgan fingerprint density at radius 2 is 0.889 bits per heavy atom. The van der Waals surface area contributed by atoms with E-state index < -0.39 is 0 Å². The third-order valence-electron chi connectivity index (χ3n) is 1.82. The molecule has 0 aromatic heterocycles. The number of amides is 4. The van der Waals surface area contributed by atoms with Crippen LogP contribution in [0.15, 0.2) is 0 Å². The fourth-order valence-electron chi connectivity index (χ4n) is 1.02. The van der Waals surface area contributed by atoms with Gasteiger partial charge in [0.15, 0.2) is 0 Å². The Morgan fingerprint density at radius 3 is 0.944 bits per heavy atom. The lowest BCUT2D eigenvalue weighted by Gasteiger charge is -1.79. The molecule has 2 rings (SSSR count). The molecule has 0 aliphatic carbocycles. The minimum atomic E-state index is -0.148. The average Bonchev–Trinajstić information content (AvgIpc) is 2.88. The van der Waals surface area contributed by atoms with Crippen molar-refractivity contribution in [1.82, 2.24) is 10.6 Å². The summed E-state index contributed by atoms with van der Waals surface area (Å²) < 4.78 is 0. The van der Waals surface area contributed by atoms with Gasteiger partial charge >= 0.3 is 0 Å². The quantitative estimate of drug-likeness (QED) is 0.396. The number of hydrogen-bond acceptors (Lipinski definition) is 6. The van der Waals surface area contributed by atoms with Crippen molar-refractivity contribution < 1.29 is 29.4 Å². The first-order valence-corrected chi connectivity index (χ1v) is 5.36. The number of rotatable bonds is 1. The van der Waals surface area contributed by atoms with Crippen molar-refractivity contribution in [2.24, 2.45) is 0 Å². The van der Waals surface area contributed by atoms with E-state index in [1.165, 1.54) is 0 Å². The van der Waals surface area contributed by atoms with Crippen molar-refractivity contribution in [2.45, 2.75) is 25.7 Å². The van der Waals surface area contributed by atoms with Crippen LogP contribution in [0.5, 0.6) is 0 Å². The SMILES string of the molecule is O=C1CCC(=O)N1.O=C1CCC(=O)N1.OCCO. The molecule has 102 valence electrons. The van der Waals surface area contributed by atoms with Gasteiger partial charge in [0.05, 0.1) is 13.2 Å². The van der Waals surface area contributed by atoms with Gasteiger partial charge in [0.2, 0.25) is 23.6 Å².